The molecule has 0 aliphatic carbocycles. The van der Waals surface area contributed by atoms with Crippen LogP contribution in [0, 0.1) is 5.41 Å². The van der Waals surface area contributed by atoms with E-state index in [1.165, 1.54) is 0 Å². The van der Waals surface area contributed by atoms with E-state index in [9.17, 15) is 4.79 Å². The number of rotatable bonds is 5. The fourth-order valence-corrected chi connectivity index (χ4v) is 5.26. The number of carbonyl (C=O) groups excluding carboxylic acids is 1. The maximum atomic E-state index is 13.5. The average Bonchev–Trinajstić information content (AvgIpc) is 2.98. The molecular formula is C27H36Cl2N2O3. The van der Waals surface area contributed by atoms with Gasteiger partial charge in [-0.3, -0.25) is 10.1 Å². The lowest BCUT2D eigenvalue weighted by Gasteiger charge is -2.40. The third-order valence-electron chi connectivity index (χ3n) is 6.12. The van der Waals surface area contributed by atoms with Crippen LogP contribution in [-0.4, -0.2) is 30.8 Å². The highest BCUT2D eigenvalue weighted by atomic mass is 35.5. The van der Waals surface area contributed by atoms with Crippen molar-refractivity contribution in [3.8, 4) is 5.75 Å². The van der Waals surface area contributed by atoms with Crippen molar-refractivity contribution < 1.29 is 14.3 Å². The molecule has 4 unspecified atom stereocenters. The normalized spacial score (nSPS) is 25.3. The van der Waals surface area contributed by atoms with E-state index in [2.05, 4.69) is 26.1 Å². The van der Waals surface area contributed by atoms with Crippen LogP contribution in [0.1, 0.15) is 65.0 Å². The van der Waals surface area contributed by atoms with Gasteiger partial charge in [0.05, 0.1) is 12.6 Å². The van der Waals surface area contributed by atoms with E-state index >= 15 is 0 Å². The van der Waals surface area contributed by atoms with E-state index in [1.54, 1.807) is 19.2 Å². The summed E-state index contributed by atoms with van der Waals surface area (Å²) < 4.78 is 11.6. The van der Waals surface area contributed by atoms with Gasteiger partial charge in [0.1, 0.15) is 17.4 Å². The molecule has 0 saturated carbocycles. The van der Waals surface area contributed by atoms with Crippen LogP contribution in [0.4, 0.5) is 0 Å². The van der Waals surface area contributed by atoms with Crippen LogP contribution in [0.2, 0.25) is 10.0 Å². The zero-order chi connectivity index (χ0) is 25.5. The summed E-state index contributed by atoms with van der Waals surface area (Å²) in [6.07, 6.45) is 0.714. The molecule has 0 radical (unpaired) electrons. The maximum Gasteiger partial charge on any atom is 0.324 e. The second-order valence-electron chi connectivity index (χ2n) is 11.3. The van der Waals surface area contributed by atoms with Gasteiger partial charge in [0, 0.05) is 27.6 Å². The van der Waals surface area contributed by atoms with Crippen LogP contribution in [0.5, 0.6) is 5.75 Å². The number of hydrogen-bond acceptors (Lipinski definition) is 5. The van der Waals surface area contributed by atoms with Gasteiger partial charge in [0.25, 0.3) is 0 Å². The first-order valence-electron chi connectivity index (χ1n) is 11.5. The maximum absolute atomic E-state index is 13.5. The van der Waals surface area contributed by atoms with Crippen molar-refractivity contribution in [2.24, 2.45) is 11.1 Å². The molecule has 3 N–H and O–H groups in total. The molecule has 7 heteroatoms. The van der Waals surface area contributed by atoms with E-state index in [0.29, 0.717) is 22.2 Å². The first kappa shape index (κ1) is 26.8. The van der Waals surface area contributed by atoms with Gasteiger partial charge in [0.2, 0.25) is 0 Å². The average molecular weight is 508 g/mol. The number of nitrogens with two attached hydrogens (primary N) is 1. The van der Waals surface area contributed by atoms with E-state index in [0.717, 1.165) is 11.1 Å². The molecule has 3 rings (SSSR count). The Balaban J connectivity index is 2.28. The molecule has 5 nitrogen and oxygen atoms in total. The molecule has 0 spiro atoms. The molecule has 0 bridgehead atoms. The summed E-state index contributed by atoms with van der Waals surface area (Å²) in [7, 11) is 1.60. The fraction of sp³-hybridized carbons (Fsp3) is 0.519. The minimum absolute atomic E-state index is 0.0658. The largest absolute Gasteiger partial charge is 0.496 e. The lowest BCUT2D eigenvalue weighted by molar-refractivity contribution is -0.157. The third-order valence-corrected chi connectivity index (χ3v) is 6.59. The molecule has 1 saturated heterocycles. The standard InChI is InChI=1S/C27H36Cl2N2O3/c1-25(2,3)15-21-27(30,19-12-11-18(29)14-20(19)33-7)22(16-9-8-10-17(28)13-16)23(31-21)24(32)34-26(4,5)6/h8-14,21-23,31H,15,30H2,1-7H3. The second-order valence-corrected chi connectivity index (χ2v) is 12.2. The Morgan fingerprint density at radius 1 is 1.06 bits per heavy atom. The molecule has 1 aliphatic heterocycles. The van der Waals surface area contributed by atoms with Crippen molar-refractivity contribution in [1.29, 1.82) is 0 Å². The number of hydrogen-bond donors (Lipinski definition) is 2. The third kappa shape index (κ3) is 5.71. The molecular weight excluding hydrogens is 471 g/mol. The van der Waals surface area contributed by atoms with Crippen LogP contribution in [0.3, 0.4) is 0 Å². The fourth-order valence-electron chi connectivity index (χ4n) is 4.90. The van der Waals surface area contributed by atoms with E-state index in [4.69, 9.17) is 38.4 Å². The minimum atomic E-state index is -1.02. The van der Waals surface area contributed by atoms with Gasteiger partial charge in [-0.2, -0.15) is 0 Å². The number of benzene rings is 2. The molecule has 0 aromatic heterocycles. The summed E-state index contributed by atoms with van der Waals surface area (Å²) in [5.74, 6) is -0.243. The van der Waals surface area contributed by atoms with Crippen molar-refractivity contribution in [1.82, 2.24) is 5.32 Å². The lowest BCUT2D eigenvalue weighted by atomic mass is 9.68. The molecule has 2 aromatic carbocycles. The summed E-state index contributed by atoms with van der Waals surface area (Å²) in [6, 6.07) is 12.0. The van der Waals surface area contributed by atoms with Crippen molar-refractivity contribution in [2.45, 2.75) is 77.1 Å². The summed E-state index contributed by atoms with van der Waals surface area (Å²) >= 11 is 12.7. The molecule has 186 valence electrons. The minimum Gasteiger partial charge on any atom is -0.496 e. The highest BCUT2D eigenvalue weighted by molar-refractivity contribution is 6.31. The van der Waals surface area contributed by atoms with Crippen molar-refractivity contribution in [2.75, 3.05) is 7.11 Å². The number of ether oxygens (including phenoxy) is 2. The summed E-state index contributed by atoms with van der Waals surface area (Å²) in [4.78, 5) is 13.5. The predicted octanol–water partition coefficient (Wildman–Crippen LogP) is 6.06. The predicted molar refractivity (Wildman–Crippen MR) is 139 cm³/mol. The zero-order valence-electron chi connectivity index (χ0n) is 21.0. The van der Waals surface area contributed by atoms with Crippen molar-refractivity contribution in [3.63, 3.8) is 0 Å². The highest BCUT2D eigenvalue weighted by Gasteiger charge is 2.58. The number of halogens is 2. The lowest BCUT2D eigenvalue weighted by Crippen LogP contribution is -2.52. The molecule has 4 atom stereocenters. The first-order chi connectivity index (χ1) is 15.7. The number of nitrogens with one attached hydrogen (secondary N) is 1. The highest BCUT2D eigenvalue weighted by Crippen LogP contribution is 2.51. The number of methoxy groups -OCH3 is 1. The molecule has 1 aliphatic rings. The van der Waals surface area contributed by atoms with Crippen LogP contribution in [-0.2, 0) is 15.1 Å². The Kier molecular flexibility index (Phi) is 7.64. The summed E-state index contributed by atoms with van der Waals surface area (Å²) in [6.45, 7) is 12.0. The molecule has 34 heavy (non-hydrogen) atoms. The van der Waals surface area contributed by atoms with Gasteiger partial charge in [0.15, 0.2) is 0 Å². The Morgan fingerprint density at radius 2 is 1.71 bits per heavy atom. The van der Waals surface area contributed by atoms with E-state index in [1.807, 2.05) is 51.1 Å². The summed E-state index contributed by atoms with van der Waals surface area (Å²) in [5, 5.41) is 4.68. The Morgan fingerprint density at radius 3 is 2.26 bits per heavy atom. The zero-order valence-corrected chi connectivity index (χ0v) is 22.6. The first-order valence-corrected chi connectivity index (χ1v) is 12.3. The van der Waals surface area contributed by atoms with Gasteiger partial charge in [-0.05, 0) is 62.4 Å². The Bertz CT molecular complexity index is 1040. The molecule has 0 amide bonds. The quantitative estimate of drug-likeness (QED) is 0.482. The smallest absolute Gasteiger partial charge is 0.324 e. The van der Waals surface area contributed by atoms with Crippen LogP contribution in [0.15, 0.2) is 42.5 Å². The van der Waals surface area contributed by atoms with Gasteiger partial charge >= 0.3 is 5.97 Å². The van der Waals surface area contributed by atoms with Crippen molar-refractivity contribution in [3.05, 3.63) is 63.6 Å². The number of esters is 1. The van der Waals surface area contributed by atoms with Crippen molar-refractivity contribution >= 4 is 29.2 Å². The van der Waals surface area contributed by atoms with Gasteiger partial charge < -0.3 is 15.2 Å². The molecule has 2 aromatic rings. The van der Waals surface area contributed by atoms with Gasteiger partial charge in [-0.15, -0.1) is 0 Å². The Hall–Kier alpha value is -1.79. The van der Waals surface area contributed by atoms with Crippen LogP contribution >= 0.6 is 23.2 Å². The second kappa shape index (κ2) is 9.69. The SMILES string of the molecule is COc1cc(Cl)ccc1C1(N)C(CC(C)(C)C)NC(C(=O)OC(C)(C)C)C1c1cccc(Cl)c1. The van der Waals surface area contributed by atoms with E-state index in [-0.39, 0.29) is 17.4 Å². The molecule has 1 heterocycles. The van der Waals surface area contributed by atoms with Gasteiger partial charge in [-0.1, -0.05) is 62.2 Å². The van der Waals surface area contributed by atoms with Crippen LogP contribution in [0.25, 0.3) is 0 Å². The van der Waals surface area contributed by atoms with Crippen LogP contribution < -0.4 is 15.8 Å². The van der Waals surface area contributed by atoms with E-state index < -0.39 is 23.1 Å². The molecule has 1 fully saturated rings. The topological polar surface area (TPSA) is 73.6 Å². The summed E-state index contributed by atoms with van der Waals surface area (Å²) in [5.41, 5.74) is 7.34. The monoisotopic (exact) mass is 506 g/mol. The number of carbonyl (C=O) groups is 1. The Labute approximate surface area is 213 Å². The van der Waals surface area contributed by atoms with Gasteiger partial charge in [-0.25, -0.2) is 0 Å².